The summed E-state index contributed by atoms with van der Waals surface area (Å²) >= 11 is 4.83. The number of anilines is 1. The average Bonchev–Trinajstić information content (AvgIpc) is 3.47. The first-order chi connectivity index (χ1) is 14.5. The minimum absolute atomic E-state index is 0.0429. The molecule has 2 aliphatic heterocycles. The SMILES string of the molecule is O=C1C(=O)N(c2cccc(Br)c2)C(c2cccs2)/C1=C(/O)c1ccc2c(c1)OCO2. The summed E-state index contributed by atoms with van der Waals surface area (Å²) < 4.78 is 11.5. The van der Waals surface area contributed by atoms with Crippen LogP contribution in [0, 0.1) is 0 Å². The van der Waals surface area contributed by atoms with Crippen molar-refractivity contribution < 1.29 is 24.2 Å². The molecule has 1 unspecified atom stereocenters. The number of hydrogen-bond acceptors (Lipinski definition) is 6. The highest BCUT2D eigenvalue weighted by Crippen LogP contribution is 2.44. The third-order valence-corrected chi connectivity index (χ3v) is 6.41. The molecule has 0 aliphatic carbocycles. The van der Waals surface area contributed by atoms with Gasteiger partial charge in [0.05, 0.1) is 5.57 Å². The Bertz CT molecular complexity index is 1200. The van der Waals surface area contributed by atoms with Gasteiger partial charge in [0.1, 0.15) is 11.8 Å². The van der Waals surface area contributed by atoms with Gasteiger partial charge in [0.25, 0.3) is 11.7 Å². The molecule has 0 saturated carbocycles. The van der Waals surface area contributed by atoms with Crippen LogP contribution in [0.4, 0.5) is 5.69 Å². The number of carbonyl (C=O) groups excluding carboxylic acids is 2. The maximum Gasteiger partial charge on any atom is 0.300 e. The summed E-state index contributed by atoms with van der Waals surface area (Å²) in [5.74, 6) is -0.622. The summed E-state index contributed by atoms with van der Waals surface area (Å²) in [6.45, 7) is 0.0992. The lowest BCUT2D eigenvalue weighted by atomic mass is 9.99. The van der Waals surface area contributed by atoms with E-state index >= 15 is 0 Å². The first-order valence-electron chi connectivity index (χ1n) is 9.04. The Balaban J connectivity index is 1.69. The summed E-state index contributed by atoms with van der Waals surface area (Å²) in [5.41, 5.74) is 0.990. The molecule has 1 amide bonds. The van der Waals surface area contributed by atoms with Gasteiger partial charge >= 0.3 is 0 Å². The number of thiophene rings is 1. The predicted molar refractivity (Wildman–Crippen MR) is 116 cm³/mol. The van der Waals surface area contributed by atoms with Gasteiger partial charge in [-0.2, -0.15) is 0 Å². The smallest absolute Gasteiger partial charge is 0.300 e. The Morgan fingerprint density at radius 2 is 1.90 bits per heavy atom. The van der Waals surface area contributed by atoms with Gasteiger partial charge < -0.3 is 14.6 Å². The number of amides is 1. The highest BCUT2D eigenvalue weighted by atomic mass is 79.9. The maximum absolute atomic E-state index is 13.1. The monoisotopic (exact) mass is 483 g/mol. The van der Waals surface area contributed by atoms with Gasteiger partial charge in [-0.05, 0) is 47.8 Å². The van der Waals surface area contributed by atoms with E-state index in [1.54, 1.807) is 36.4 Å². The Hall–Kier alpha value is -3.10. The number of fused-ring (bicyclic) bond motifs is 1. The summed E-state index contributed by atoms with van der Waals surface area (Å²) in [6.07, 6.45) is 0. The van der Waals surface area contributed by atoms with Crippen molar-refractivity contribution in [2.45, 2.75) is 6.04 Å². The Morgan fingerprint density at radius 1 is 1.07 bits per heavy atom. The number of ketones is 1. The van der Waals surface area contributed by atoms with E-state index in [2.05, 4.69) is 15.9 Å². The van der Waals surface area contributed by atoms with Crippen molar-refractivity contribution in [3.8, 4) is 11.5 Å². The van der Waals surface area contributed by atoms with E-state index in [0.29, 0.717) is 22.7 Å². The van der Waals surface area contributed by atoms with Crippen LogP contribution in [0.5, 0.6) is 11.5 Å². The number of ether oxygens (including phenoxy) is 2. The molecule has 2 aromatic carbocycles. The zero-order valence-corrected chi connectivity index (χ0v) is 17.8. The average molecular weight is 484 g/mol. The van der Waals surface area contributed by atoms with Crippen molar-refractivity contribution in [1.82, 2.24) is 0 Å². The summed E-state index contributed by atoms with van der Waals surface area (Å²) in [7, 11) is 0. The molecule has 1 aromatic heterocycles. The normalized spacial score (nSPS) is 19.5. The molecule has 1 fully saturated rings. The minimum atomic E-state index is -0.733. The van der Waals surface area contributed by atoms with Crippen molar-refractivity contribution in [2.24, 2.45) is 0 Å². The zero-order chi connectivity index (χ0) is 20.8. The van der Waals surface area contributed by atoms with Crippen LogP contribution in [-0.2, 0) is 9.59 Å². The molecule has 6 nitrogen and oxygen atoms in total. The number of rotatable bonds is 3. The lowest BCUT2D eigenvalue weighted by molar-refractivity contribution is -0.132. The lowest BCUT2D eigenvalue weighted by Gasteiger charge is -2.24. The number of benzene rings is 2. The topological polar surface area (TPSA) is 76.1 Å². The van der Waals surface area contributed by atoms with Crippen LogP contribution in [0.25, 0.3) is 5.76 Å². The molecule has 1 atom stereocenters. The third-order valence-electron chi connectivity index (χ3n) is 4.99. The van der Waals surface area contributed by atoms with E-state index in [0.717, 1.165) is 9.35 Å². The van der Waals surface area contributed by atoms with Gasteiger partial charge in [0.2, 0.25) is 6.79 Å². The number of halogens is 1. The summed E-state index contributed by atoms with van der Waals surface area (Å²) in [4.78, 5) is 28.3. The van der Waals surface area contributed by atoms with Crippen LogP contribution < -0.4 is 14.4 Å². The van der Waals surface area contributed by atoms with Gasteiger partial charge in [-0.25, -0.2) is 0 Å². The van der Waals surface area contributed by atoms with Gasteiger partial charge in [-0.1, -0.05) is 28.1 Å². The van der Waals surface area contributed by atoms with E-state index in [9.17, 15) is 14.7 Å². The molecule has 1 N–H and O–H groups in total. The minimum Gasteiger partial charge on any atom is -0.507 e. The highest BCUT2D eigenvalue weighted by molar-refractivity contribution is 9.10. The number of nitrogens with zero attached hydrogens (tertiary/aromatic N) is 1. The molecule has 30 heavy (non-hydrogen) atoms. The van der Waals surface area contributed by atoms with Crippen molar-refractivity contribution >= 4 is 50.4 Å². The molecule has 0 bridgehead atoms. The molecule has 150 valence electrons. The van der Waals surface area contributed by atoms with E-state index in [1.165, 1.54) is 16.2 Å². The number of carbonyl (C=O) groups is 2. The number of hydrogen-bond donors (Lipinski definition) is 1. The summed E-state index contributed by atoms with van der Waals surface area (Å²) in [5, 5.41) is 13.0. The summed E-state index contributed by atoms with van der Waals surface area (Å²) in [6, 6.07) is 15.0. The van der Waals surface area contributed by atoms with Crippen LogP contribution in [0.3, 0.4) is 0 Å². The Labute approximate surface area is 184 Å². The quantitative estimate of drug-likeness (QED) is 0.326. The second-order valence-corrected chi connectivity index (χ2v) is 8.63. The van der Waals surface area contributed by atoms with Crippen LogP contribution in [0.2, 0.25) is 0 Å². The maximum atomic E-state index is 13.1. The predicted octanol–water partition coefficient (Wildman–Crippen LogP) is 4.87. The first kappa shape index (κ1) is 18.9. The third kappa shape index (κ3) is 3.00. The number of aliphatic hydroxyl groups excluding tert-OH is 1. The van der Waals surface area contributed by atoms with Gasteiger partial charge in [0.15, 0.2) is 11.5 Å². The molecule has 0 spiro atoms. The number of aliphatic hydroxyl groups is 1. The standard InChI is InChI=1S/C22H14BrNO5S/c23-13-3-1-4-14(10-13)24-19(17-5-2-8-30-17)18(21(26)22(24)27)20(25)12-6-7-15-16(9-12)29-11-28-15/h1-10,19,25H,11H2/b20-18-. The van der Waals surface area contributed by atoms with Crippen molar-refractivity contribution in [3.63, 3.8) is 0 Å². The van der Waals surface area contributed by atoms with E-state index in [-0.39, 0.29) is 18.1 Å². The van der Waals surface area contributed by atoms with Gasteiger partial charge in [-0.15, -0.1) is 11.3 Å². The van der Waals surface area contributed by atoms with Gasteiger partial charge in [-0.3, -0.25) is 14.5 Å². The van der Waals surface area contributed by atoms with Crippen LogP contribution in [0.1, 0.15) is 16.5 Å². The van der Waals surface area contributed by atoms with E-state index in [1.807, 2.05) is 23.6 Å². The van der Waals surface area contributed by atoms with Crippen LogP contribution >= 0.6 is 27.3 Å². The largest absolute Gasteiger partial charge is 0.507 e. The second-order valence-electron chi connectivity index (χ2n) is 6.73. The number of Topliss-reactive ketones (excluding diaryl/α,β-unsaturated/α-hetero) is 1. The fourth-order valence-corrected chi connectivity index (χ4v) is 4.85. The highest BCUT2D eigenvalue weighted by Gasteiger charge is 2.47. The van der Waals surface area contributed by atoms with Crippen LogP contribution in [0.15, 0.2) is 70.0 Å². The Morgan fingerprint density at radius 3 is 2.67 bits per heavy atom. The molecule has 5 rings (SSSR count). The molecule has 2 aliphatic rings. The van der Waals surface area contributed by atoms with Gasteiger partial charge in [0, 0.05) is 20.6 Å². The van der Waals surface area contributed by atoms with E-state index in [4.69, 9.17) is 9.47 Å². The molecular formula is C22H14BrNO5S. The zero-order valence-electron chi connectivity index (χ0n) is 15.4. The molecule has 0 radical (unpaired) electrons. The van der Waals surface area contributed by atoms with Crippen molar-refractivity contribution in [3.05, 3.63) is 80.5 Å². The van der Waals surface area contributed by atoms with E-state index < -0.39 is 17.7 Å². The first-order valence-corrected chi connectivity index (χ1v) is 10.7. The molecule has 1 saturated heterocycles. The molecule has 3 heterocycles. The fraction of sp³-hybridized carbons (Fsp3) is 0.0909. The van der Waals surface area contributed by atoms with Crippen molar-refractivity contribution in [1.29, 1.82) is 0 Å². The second kappa shape index (κ2) is 7.30. The molecule has 8 heteroatoms. The fourth-order valence-electron chi connectivity index (χ4n) is 3.64. The molecule has 3 aromatic rings. The molecular weight excluding hydrogens is 470 g/mol. The Kier molecular flexibility index (Phi) is 4.60. The lowest BCUT2D eigenvalue weighted by Crippen LogP contribution is -2.29. The van der Waals surface area contributed by atoms with Crippen LogP contribution in [-0.4, -0.2) is 23.6 Å². The van der Waals surface area contributed by atoms with Crippen molar-refractivity contribution in [2.75, 3.05) is 11.7 Å².